The molecule has 1 fully saturated rings. The van der Waals surface area contributed by atoms with Crippen LogP contribution in [0, 0.1) is 12.7 Å². The van der Waals surface area contributed by atoms with Crippen LogP contribution < -0.4 is 0 Å². The molecule has 1 saturated heterocycles. The zero-order valence-electron chi connectivity index (χ0n) is 19.7. The highest BCUT2D eigenvalue weighted by atomic mass is 19.1. The van der Waals surface area contributed by atoms with Crippen LogP contribution in [0.1, 0.15) is 27.0 Å². The Labute approximate surface area is 196 Å². The van der Waals surface area contributed by atoms with Crippen molar-refractivity contribution in [3.63, 3.8) is 0 Å². The summed E-state index contributed by atoms with van der Waals surface area (Å²) in [5.41, 5.74) is 5.25. The Morgan fingerprint density at radius 2 is 1.70 bits per heavy atom. The minimum absolute atomic E-state index is 0.0428. The van der Waals surface area contributed by atoms with E-state index in [4.69, 9.17) is 0 Å². The molecule has 1 amide bonds. The topological polar surface area (TPSA) is 26.8 Å². The van der Waals surface area contributed by atoms with Crippen LogP contribution in [-0.2, 0) is 13.1 Å². The van der Waals surface area contributed by atoms with Crippen LogP contribution in [0.15, 0.2) is 66.7 Å². The fraction of sp³-hybridized carbons (Fsp3) is 0.321. The predicted octanol–water partition coefficient (Wildman–Crippen LogP) is 4.82. The van der Waals surface area contributed by atoms with E-state index in [1.165, 1.54) is 11.6 Å². The smallest absolute Gasteiger partial charge is 0.253 e. The minimum Gasteiger partial charge on any atom is -0.337 e. The molecule has 1 heterocycles. The number of amides is 1. The molecule has 172 valence electrons. The first kappa shape index (κ1) is 23.1. The summed E-state index contributed by atoms with van der Waals surface area (Å²) in [6.45, 7) is 7.51. The van der Waals surface area contributed by atoms with Gasteiger partial charge in [-0.05, 0) is 61.0 Å². The Morgan fingerprint density at radius 3 is 2.45 bits per heavy atom. The molecule has 1 aliphatic rings. The molecule has 3 aromatic carbocycles. The van der Waals surface area contributed by atoms with Gasteiger partial charge in [-0.3, -0.25) is 9.69 Å². The highest BCUT2D eigenvalue weighted by Crippen LogP contribution is 2.26. The molecule has 0 radical (unpaired) electrons. The first-order chi connectivity index (χ1) is 15.9. The average Bonchev–Trinajstić information content (AvgIpc) is 2.81. The fourth-order valence-electron chi connectivity index (χ4n) is 4.34. The average molecular weight is 446 g/mol. The second-order valence-electron chi connectivity index (χ2n) is 9.12. The van der Waals surface area contributed by atoms with Crippen molar-refractivity contribution in [2.24, 2.45) is 0 Å². The highest BCUT2D eigenvalue weighted by molar-refractivity contribution is 5.94. The summed E-state index contributed by atoms with van der Waals surface area (Å²) in [6.07, 6.45) is 0. The largest absolute Gasteiger partial charge is 0.337 e. The van der Waals surface area contributed by atoms with Gasteiger partial charge in [0.25, 0.3) is 5.91 Å². The molecule has 5 heteroatoms. The van der Waals surface area contributed by atoms with Crippen LogP contribution in [-0.4, -0.2) is 60.9 Å². The molecule has 0 bridgehead atoms. The quantitative estimate of drug-likeness (QED) is 0.544. The molecule has 0 atom stereocenters. The second-order valence-corrected chi connectivity index (χ2v) is 9.12. The molecule has 0 spiro atoms. The standard InChI is InChI=1S/C28H32FN3O/c1-21-6-4-9-25(16-21)28(33)31(3)19-23-10-11-27(29)26(18-23)24-8-5-7-22(17-24)20-32-14-12-30(2)13-15-32/h4-11,16-18H,12-15,19-20H2,1-3H3. The third-order valence-electron chi connectivity index (χ3n) is 6.30. The lowest BCUT2D eigenvalue weighted by Gasteiger charge is -2.32. The van der Waals surface area contributed by atoms with Gasteiger partial charge in [0.1, 0.15) is 5.82 Å². The van der Waals surface area contributed by atoms with E-state index in [1.54, 1.807) is 18.0 Å². The summed E-state index contributed by atoms with van der Waals surface area (Å²) < 4.78 is 14.8. The molecule has 0 N–H and O–H groups in total. The SMILES string of the molecule is Cc1cccc(C(=O)N(C)Cc2ccc(F)c(-c3cccc(CN4CCN(C)CC4)c3)c2)c1. The summed E-state index contributed by atoms with van der Waals surface area (Å²) in [5.74, 6) is -0.290. The number of carbonyl (C=O) groups is 1. The molecule has 0 aromatic heterocycles. The molecular formula is C28H32FN3O. The van der Waals surface area contributed by atoms with E-state index in [2.05, 4.69) is 29.0 Å². The third kappa shape index (κ3) is 5.86. The van der Waals surface area contributed by atoms with Crippen LogP contribution in [0.4, 0.5) is 4.39 Å². The predicted molar refractivity (Wildman–Crippen MR) is 132 cm³/mol. The number of hydrogen-bond donors (Lipinski definition) is 0. The summed E-state index contributed by atoms with van der Waals surface area (Å²) in [7, 11) is 3.93. The molecule has 4 rings (SSSR count). The fourth-order valence-corrected chi connectivity index (χ4v) is 4.34. The molecule has 1 aliphatic heterocycles. The van der Waals surface area contributed by atoms with E-state index in [0.29, 0.717) is 17.7 Å². The van der Waals surface area contributed by atoms with Gasteiger partial charge in [0.15, 0.2) is 0 Å². The Bertz CT molecular complexity index is 1120. The summed E-state index contributed by atoms with van der Waals surface area (Å²) in [6, 6.07) is 20.9. The maximum atomic E-state index is 14.8. The van der Waals surface area contributed by atoms with Crippen LogP contribution in [0.25, 0.3) is 11.1 Å². The number of hydrogen-bond acceptors (Lipinski definition) is 3. The highest BCUT2D eigenvalue weighted by Gasteiger charge is 2.16. The van der Waals surface area contributed by atoms with Crippen molar-refractivity contribution in [2.75, 3.05) is 40.3 Å². The first-order valence-electron chi connectivity index (χ1n) is 11.5. The summed E-state index contributed by atoms with van der Waals surface area (Å²) in [4.78, 5) is 19.3. The van der Waals surface area contributed by atoms with E-state index in [1.807, 2.05) is 49.4 Å². The molecule has 0 aliphatic carbocycles. The molecule has 4 nitrogen and oxygen atoms in total. The number of carbonyl (C=O) groups excluding carboxylic acids is 1. The van der Waals surface area contributed by atoms with Gasteiger partial charge in [-0.25, -0.2) is 4.39 Å². The van der Waals surface area contributed by atoms with Gasteiger partial charge in [-0.15, -0.1) is 0 Å². The number of likely N-dealkylation sites (N-methyl/N-ethyl adjacent to an activating group) is 1. The van der Waals surface area contributed by atoms with Crippen LogP contribution >= 0.6 is 0 Å². The van der Waals surface area contributed by atoms with Gasteiger partial charge >= 0.3 is 0 Å². The van der Waals surface area contributed by atoms with Gasteiger partial charge < -0.3 is 9.80 Å². The first-order valence-corrected chi connectivity index (χ1v) is 11.5. The Morgan fingerprint density at radius 1 is 0.939 bits per heavy atom. The summed E-state index contributed by atoms with van der Waals surface area (Å²) >= 11 is 0. The van der Waals surface area contributed by atoms with Gasteiger partial charge in [-0.2, -0.15) is 0 Å². The van der Waals surface area contributed by atoms with Crippen molar-refractivity contribution >= 4 is 5.91 Å². The van der Waals surface area contributed by atoms with Crippen LogP contribution in [0.2, 0.25) is 0 Å². The Kier molecular flexibility index (Phi) is 7.21. The van der Waals surface area contributed by atoms with Crippen LogP contribution in [0.3, 0.4) is 0 Å². The summed E-state index contributed by atoms with van der Waals surface area (Å²) in [5, 5.41) is 0. The number of piperazine rings is 1. The van der Waals surface area contributed by atoms with E-state index >= 15 is 0 Å². The molecule has 3 aromatic rings. The van der Waals surface area contributed by atoms with Crippen molar-refractivity contribution < 1.29 is 9.18 Å². The maximum Gasteiger partial charge on any atom is 0.253 e. The third-order valence-corrected chi connectivity index (χ3v) is 6.30. The maximum absolute atomic E-state index is 14.8. The Hall–Kier alpha value is -3.02. The molecule has 33 heavy (non-hydrogen) atoms. The minimum atomic E-state index is -0.247. The zero-order chi connectivity index (χ0) is 23.4. The lowest BCUT2D eigenvalue weighted by molar-refractivity contribution is 0.0785. The number of halogens is 1. The van der Waals surface area contributed by atoms with E-state index in [-0.39, 0.29) is 11.7 Å². The van der Waals surface area contributed by atoms with Crippen molar-refractivity contribution in [1.82, 2.24) is 14.7 Å². The lowest BCUT2D eigenvalue weighted by Crippen LogP contribution is -2.43. The van der Waals surface area contributed by atoms with Crippen LogP contribution in [0.5, 0.6) is 0 Å². The van der Waals surface area contributed by atoms with Gasteiger partial charge in [0.2, 0.25) is 0 Å². The van der Waals surface area contributed by atoms with E-state index in [9.17, 15) is 9.18 Å². The van der Waals surface area contributed by atoms with Crippen molar-refractivity contribution in [3.05, 3.63) is 94.8 Å². The van der Waals surface area contributed by atoms with Gasteiger partial charge in [0, 0.05) is 57.4 Å². The Balaban J connectivity index is 1.49. The normalized spacial score (nSPS) is 14.9. The monoisotopic (exact) mass is 445 g/mol. The number of aryl methyl sites for hydroxylation is 1. The van der Waals surface area contributed by atoms with E-state index in [0.717, 1.165) is 49.4 Å². The molecule has 0 saturated carbocycles. The number of benzene rings is 3. The second kappa shape index (κ2) is 10.3. The lowest BCUT2D eigenvalue weighted by atomic mass is 10.00. The molecular weight excluding hydrogens is 413 g/mol. The van der Waals surface area contributed by atoms with E-state index < -0.39 is 0 Å². The molecule has 0 unspecified atom stereocenters. The van der Waals surface area contributed by atoms with Crippen molar-refractivity contribution in [3.8, 4) is 11.1 Å². The zero-order valence-corrected chi connectivity index (χ0v) is 19.7. The van der Waals surface area contributed by atoms with Gasteiger partial charge in [0.05, 0.1) is 0 Å². The van der Waals surface area contributed by atoms with Gasteiger partial charge in [-0.1, -0.05) is 42.0 Å². The van der Waals surface area contributed by atoms with Crippen molar-refractivity contribution in [2.45, 2.75) is 20.0 Å². The van der Waals surface area contributed by atoms with Crippen molar-refractivity contribution in [1.29, 1.82) is 0 Å². The number of nitrogens with zero attached hydrogens (tertiary/aromatic N) is 3. The number of rotatable bonds is 6.